The van der Waals surface area contributed by atoms with Gasteiger partial charge < -0.3 is 20.3 Å². The zero-order valence-corrected chi connectivity index (χ0v) is 17.8. The van der Waals surface area contributed by atoms with Crippen molar-refractivity contribution in [3.8, 4) is 0 Å². The highest BCUT2D eigenvalue weighted by atomic mass is 16.3. The molecule has 5 rings (SSSR count). The number of pyridine rings is 2. The maximum absolute atomic E-state index is 10.8. The van der Waals surface area contributed by atoms with E-state index in [9.17, 15) is 5.11 Å². The van der Waals surface area contributed by atoms with E-state index in [-0.39, 0.29) is 6.04 Å². The molecular weight excluding hydrogens is 376 g/mol. The summed E-state index contributed by atoms with van der Waals surface area (Å²) in [5.74, 6) is 3.92. The zero-order chi connectivity index (χ0) is 20.9. The Bertz CT molecular complexity index is 1060. The summed E-state index contributed by atoms with van der Waals surface area (Å²) in [6.07, 6.45) is 9.58. The topological polar surface area (TPSA) is 87.9 Å². The molecule has 2 bridgehead atoms. The average Bonchev–Trinajstić information content (AvgIpc) is 3.08. The number of imidazole rings is 1. The van der Waals surface area contributed by atoms with E-state index in [4.69, 9.17) is 4.98 Å². The van der Waals surface area contributed by atoms with Crippen LogP contribution in [0.5, 0.6) is 0 Å². The minimum Gasteiger partial charge on any atom is -0.390 e. The molecule has 0 radical (unpaired) electrons. The van der Waals surface area contributed by atoms with E-state index in [1.807, 2.05) is 43.1 Å². The van der Waals surface area contributed by atoms with Crippen molar-refractivity contribution >= 4 is 28.4 Å². The Labute approximate surface area is 177 Å². The third-order valence-corrected chi connectivity index (χ3v) is 6.76. The predicted molar refractivity (Wildman–Crippen MR) is 119 cm³/mol. The molecule has 2 aliphatic carbocycles. The van der Waals surface area contributed by atoms with Crippen LogP contribution in [-0.2, 0) is 7.05 Å². The van der Waals surface area contributed by atoms with E-state index in [0.29, 0.717) is 17.8 Å². The number of hydrogen-bond acceptors (Lipinski definition) is 6. The van der Waals surface area contributed by atoms with Crippen LogP contribution < -0.4 is 10.6 Å². The molecule has 3 heterocycles. The SMILES string of the molecule is CC1CC2CC(CC(C)(O)C2)C1Nc1nc(Nc2cn(C)cn2)cc2ncccc12. The smallest absolute Gasteiger partial charge is 0.149 e. The number of anilines is 3. The van der Waals surface area contributed by atoms with Gasteiger partial charge in [-0.1, -0.05) is 6.92 Å². The number of aromatic nitrogens is 4. The zero-order valence-electron chi connectivity index (χ0n) is 17.8. The summed E-state index contributed by atoms with van der Waals surface area (Å²) in [7, 11) is 1.94. The number of fused-ring (bicyclic) bond motifs is 3. The van der Waals surface area contributed by atoms with Gasteiger partial charge in [-0.05, 0) is 62.5 Å². The lowest BCUT2D eigenvalue weighted by Crippen LogP contribution is -2.50. The van der Waals surface area contributed by atoms with Crippen LogP contribution in [0.25, 0.3) is 10.9 Å². The van der Waals surface area contributed by atoms with Crippen molar-refractivity contribution in [3.63, 3.8) is 0 Å². The number of aryl methyl sites for hydroxylation is 1. The summed E-state index contributed by atoms with van der Waals surface area (Å²) in [5, 5.41) is 18.8. The van der Waals surface area contributed by atoms with Crippen LogP contribution in [0.2, 0.25) is 0 Å². The van der Waals surface area contributed by atoms with Crippen LogP contribution in [0.4, 0.5) is 17.5 Å². The molecule has 0 aromatic carbocycles. The molecule has 0 saturated heterocycles. The van der Waals surface area contributed by atoms with Gasteiger partial charge in [0, 0.05) is 36.9 Å². The maximum atomic E-state index is 10.8. The third kappa shape index (κ3) is 3.74. The molecule has 3 N–H and O–H groups in total. The molecule has 3 aromatic rings. The Hall–Kier alpha value is -2.67. The second-order valence-electron chi connectivity index (χ2n) is 9.63. The second-order valence-corrected chi connectivity index (χ2v) is 9.63. The highest BCUT2D eigenvalue weighted by Gasteiger charge is 2.45. The van der Waals surface area contributed by atoms with Gasteiger partial charge >= 0.3 is 0 Å². The van der Waals surface area contributed by atoms with Gasteiger partial charge in [-0.15, -0.1) is 0 Å². The monoisotopic (exact) mass is 406 g/mol. The molecule has 2 fully saturated rings. The first-order chi connectivity index (χ1) is 14.4. The fourth-order valence-electron chi connectivity index (χ4n) is 5.73. The Morgan fingerprint density at radius 1 is 1.20 bits per heavy atom. The van der Waals surface area contributed by atoms with Crippen LogP contribution in [-0.4, -0.2) is 36.3 Å². The molecule has 30 heavy (non-hydrogen) atoms. The van der Waals surface area contributed by atoms with Crippen molar-refractivity contribution in [1.29, 1.82) is 0 Å². The largest absolute Gasteiger partial charge is 0.390 e. The Kier molecular flexibility index (Phi) is 4.65. The molecule has 158 valence electrons. The summed E-state index contributed by atoms with van der Waals surface area (Å²) in [6, 6.07) is 6.26. The standard InChI is InChI=1S/C23H30N6O/c1-14-7-15-8-16(11-23(2,30)10-15)21(14)28-22-17-5-4-6-24-18(17)9-19(27-22)26-20-12-29(3)13-25-20/h4-6,9,12-16,21,30H,7-8,10-11H2,1-3H3,(H2,26,27,28). The molecule has 5 atom stereocenters. The highest BCUT2D eigenvalue weighted by Crippen LogP contribution is 2.47. The van der Waals surface area contributed by atoms with Gasteiger partial charge in [0.2, 0.25) is 0 Å². The number of aliphatic hydroxyl groups is 1. The molecule has 5 unspecified atom stereocenters. The minimum atomic E-state index is -0.562. The first-order valence-electron chi connectivity index (χ1n) is 10.9. The molecular formula is C23H30N6O. The highest BCUT2D eigenvalue weighted by molar-refractivity contribution is 5.91. The molecule has 2 aliphatic rings. The Morgan fingerprint density at radius 3 is 2.87 bits per heavy atom. The van der Waals surface area contributed by atoms with Gasteiger partial charge in [-0.25, -0.2) is 9.97 Å². The Balaban J connectivity index is 1.48. The van der Waals surface area contributed by atoms with E-state index in [2.05, 4.69) is 33.6 Å². The summed E-state index contributed by atoms with van der Waals surface area (Å²) in [6.45, 7) is 4.32. The molecule has 7 heteroatoms. The van der Waals surface area contributed by atoms with Gasteiger partial charge in [0.15, 0.2) is 0 Å². The van der Waals surface area contributed by atoms with E-state index < -0.39 is 5.60 Å². The second kappa shape index (κ2) is 7.23. The van der Waals surface area contributed by atoms with E-state index in [0.717, 1.165) is 47.6 Å². The molecule has 0 spiro atoms. The van der Waals surface area contributed by atoms with Crippen LogP contribution in [0.15, 0.2) is 36.9 Å². The summed E-state index contributed by atoms with van der Waals surface area (Å²) >= 11 is 0. The lowest BCUT2D eigenvalue weighted by molar-refractivity contribution is -0.0501. The first kappa shape index (κ1) is 19.3. The summed E-state index contributed by atoms with van der Waals surface area (Å²) in [4.78, 5) is 13.8. The van der Waals surface area contributed by atoms with Crippen molar-refractivity contribution in [2.75, 3.05) is 10.6 Å². The molecule has 7 nitrogen and oxygen atoms in total. The quantitative estimate of drug-likeness (QED) is 0.605. The minimum absolute atomic E-state index is 0.286. The van der Waals surface area contributed by atoms with Crippen LogP contribution in [0, 0.1) is 17.8 Å². The van der Waals surface area contributed by atoms with Gasteiger partial charge in [0.25, 0.3) is 0 Å². The van der Waals surface area contributed by atoms with Crippen molar-refractivity contribution in [1.82, 2.24) is 19.5 Å². The summed E-state index contributed by atoms with van der Waals surface area (Å²) in [5.41, 5.74) is 0.331. The Morgan fingerprint density at radius 2 is 2.07 bits per heavy atom. The number of nitrogens with zero attached hydrogens (tertiary/aromatic N) is 4. The molecule has 0 amide bonds. The predicted octanol–water partition coefficient (Wildman–Crippen LogP) is 4.09. The van der Waals surface area contributed by atoms with Crippen molar-refractivity contribution in [2.24, 2.45) is 24.8 Å². The number of rotatable bonds is 4. The van der Waals surface area contributed by atoms with Crippen LogP contribution >= 0.6 is 0 Å². The van der Waals surface area contributed by atoms with Crippen molar-refractivity contribution in [2.45, 2.75) is 51.2 Å². The maximum Gasteiger partial charge on any atom is 0.149 e. The fourth-order valence-corrected chi connectivity index (χ4v) is 5.73. The average molecular weight is 407 g/mol. The van der Waals surface area contributed by atoms with Gasteiger partial charge in [0.05, 0.1) is 17.4 Å². The van der Waals surface area contributed by atoms with Gasteiger partial charge in [-0.2, -0.15) is 0 Å². The molecule has 0 aliphatic heterocycles. The van der Waals surface area contributed by atoms with E-state index in [1.165, 1.54) is 6.42 Å². The molecule has 2 saturated carbocycles. The van der Waals surface area contributed by atoms with Crippen LogP contribution in [0.1, 0.15) is 39.5 Å². The number of hydrogen-bond donors (Lipinski definition) is 3. The third-order valence-electron chi connectivity index (χ3n) is 6.76. The lowest BCUT2D eigenvalue weighted by Gasteiger charge is -2.49. The van der Waals surface area contributed by atoms with Gasteiger partial charge in [0.1, 0.15) is 17.5 Å². The summed E-state index contributed by atoms with van der Waals surface area (Å²) < 4.78 is 1.90. The van der Waals surface area contributed by atoms with Crippen molar-refractivity contribution < 1.29 is 5.11 Å². The number of nitrogens with one attached hydrogen (secondary N) is 2. The van der Waals surface area contributed by atoms with E-state index >= 15 is 0 Å². The first-order valence-corrected chi connectivity index (χ1v) is 10.9. The molecule has 3 aromatic heterocycles. The van der Waals surface area contributed by atoms with Crippen LogP contribution in [0.3, 0.4) is 0 Å². The normalized spacial score (nSPS) is 30.9. The van der Waals surface area contributed by atoms with Gasteiger partial charge in [-0.3, -0.25) is 4.98 Å². The van der Waals surface area contributed by atoms with E-state index in [1.54, 1.807) is 6.33 Å². The lowest BCUT2D eigenvalue weighted by atomic mass is 9.61. The fraction of sp³-hybridized carbons (Fsp3) is 0.522. The van der Waals surface area contributed by atoms with Crippen molar-refractivity contribution in [3.05, 3.63) is 36.9 Å².